The Morgan fingerprint density at radius 2 is 1.18 bits per heavy atom. The van der Waals surface area contributed by atoms with Crippen molar-refractivity contribution < 1.29 is 95.6 Å². The standard InChI is InChI=1S/C67H71NO20/c1-40-47(82-58(72)53(85-62(76)88-63(3,4)5)51(45-30-20-12-21-31-45)68-59(73)78-36-42-24-14-9-15-25-42)35-67(77)56(86-57(71)46-32-22-13-23-33-46)54-65(8,55(70)52(50(40)64(67,6)7)84-61(75)80-38-44-28-18-11-19-29-44)48(34-49-66(54,39-81-49)87-41(2)69)83-60(74)79-37-43-26-16-10-17-27-43/h9-33,47-49,51-54,56,77H,34-39H2,1-8H3,(H,68,73)/t47-,48-,49+,51-,52+,53+,54-,56-,65+,66-,67+/m0/s1. The van der Waals surface area contributed by atoms with Crippen molar-refractivity contribution in [3.05, 3.63) is 191 Å². The van der Waals surface area contributed by atoms with Gasteiger partial charge in [-0.15, -0.1) is 0 Å². The van der Waals surface area contributed by atoms with E-state index < -0.39 is 137 Å². The SMILES string of the molecule is CC(=O)O[C@@]12CO[C@@H]1C[C@H](OC(=O)OCc1ccccc1)[C@@]1(C)C(=O)[C@H](OC(=O)OCc3ccccc3)C3=C(C)[C@@H](OC(=O)[C@H](OC(=O)OC(C)(C)C)[C@@H](NC(=O)OCc4ccccc4)c4ccccc4)C[C@@](O)([C@@H](OC(=O)c4ccccc4)[C@H]21)C3(C)C. The monoisotopic (exact) mass is 1210 g/mol. The predicted octanol–water partition coefficient (Wildman–Crippen LogP) is 10.3. The number of Topliss-reactive ketones (excluding diaryl/α,β-unsaturated/α-hetero) is 1. The van der Waals surface area contributed by atoms with E-state index in [0.29, 0.717) is 16.7 Å². The minimum absolute atomic E-state index is 0.00466. The van der Waals surface area contributed by atoms with Gasteiger partial charge in [0.05, 0.1) is 23.5 Å². The molecule has 1 aliphatic heterocycles. The molecule has 21 nitrogen and oxygen atoms in total. The quantitative estimate of drug-likeness (QED) is 0.0497. The lowest BCUT2D eigenvalue weighted by molar-refractivity contribution is -0.346. The molecule has 0 aromatic heterocycles. The maximum atomic E-state index is 16.8. The highest BCUT2D eigenvalue weighted by molar-refractivity contribution is 5.96. The molecule has 88 heavy (non-hydrogen) atoms. The van der Waals surface area contributed by atoms with Crippen LogP contribution in [-0.4, -0.2) is 113 Å². The number of benzene rings is 5. The number of carbonyl (C=O) groups is 8. The van der Waals surface area contributed by atoms with Crippen LogP contribution in [0.2, 0.25) is 0 Å². The van der Waals surface area contributed by atoms with Crippen molar-refractivity contribution in [1.29, 1.82) is 0 Å². The number of hydrogen-bond acceptors (Lipinski definition) is 20. The number of alkyl carbamates (subject to hydrolysis) is 1. The van der Waals surface area contributed by atoms with Gasteiger partial charge >= 0.3 is 42.5 Å². The minimum atomic E-state index is -2.65. The van der Waals surface area contributed by atoms with Gasteiger partial charge in [0.1, 0.15) is 61.5 Å². The fraction of sp³-hybridized carbons (Fsp3) is 0.403. The van der Waals surface area contributed by atoms with Crippen molar-refractivity contribution in [2.45, 2.75) is 148 Å². The lowest BCUT2D eigenvalue weighted by atomic mass is 9.44. The zero-order chi connectivity index (χ0) is 63.2. The van der Waals surface area contributed by atoms with Gasteiger partial charge in [0.15, 0.2) is 17.5 Å². The summed E-state index contributed by atoms with van der Waals surface area (Å²) in [5.41, 5.74) is -8.30. The number of nitrogens with one attached hydrogen (secondary N) is 1. The molecule has 1 saturated heterocycles. The Morgan fingerprint density at radius 1 is 0.670 bits per heavy atom. The summed E-state index contributed by atoms with van der Waals surface area (Å²) in [7, 11) is 0. The average Bonchev–Trinajstić information content (AvgIpc) is 0.735. The average molecular weight is 1210 g/mol. The van der Waals surface area contributed by atoms with E-state index in [0.717, 1.165) is 6.92 Å². The molecule has 2 N–H and O–H groups in total. The predicted molar refractivity (Wildman–Crippen MR) is 310 cm³/mol. The van der Waals surface area contributed by atoms with Crippen molar-refractivity contribution in [1.82, 2.24) is 5.32 Å². The van der Waals surface area contributed by atoms with Crippen molar-refractivity contribution in [3.8, 4) is 0 Å². The van der Waals surface area contributed by atoms with Crippen LogP contribution in [0, 0.1) is 16.7 Å². The molecule has 2 bridgehead atoms. The molecule has 3 aliphatic carbocycles. The molecular formula is C67H71NO20. The lowest BCUT2D eigenvalue weighted by Gasteiger charge is -2.67. The molecule has 9 rings (SSSR count). The summed E-state index contributed by atoms with van der Waals surface area (Å²) in [6, 6.07) is 40.1. The molecule has 0 radical (unpaired) electrons. The summed E-state index contributed by atoms with van der Waals surface area (Å²) in [5, 5.41) is 17.1. The summed E-state index contributed by atoms with van der Waals surface area (Å²) >= 11 is 0. The maximum Gasteiger partial charge on any atom is 0.509 e. The highest BCUT2D eigenvalue weighted by atomic mass is 16.8. The Morgan fingerprint density at radius 3 is 1.69 bits per heavy atom. The van der Waals surface area contributed by atoms with E-state index in [2.05, 4.69) is 5.32 Å². The van der Waals surface area contributed by atoms with Crippen LogP contribution in [0.4, 0.5) is 19.2 Å². The molecule has 5 aromatic rings. The number of amides is 1. The van der Waals surface area contributed by atoms with Gasteiger partial charge in [-0.1, -0.05) is 153 Å². The first-order chi connectivity index (χ1) is 41.8. The summed E-state index contributed by atoms with van der Waals surface area (Å²) in [6.07, 6.45) is -17.1. The van der Waals surface area contributed by atoms with E-state index in [4.69, 9.17) is 52.1 Å². The molecule has 21 heteroatoms. The third-order valence-electron chi connectivity index (χ3n) is 16.8. The number of ketones is 1. The normalized spacial score (nSPS) is 25.7. The fourth-order valence-electron chi connectivity index (χ4n) is 12.4. The van der Waals surface area contributed by atoms with Gasteiger partial charge < -0.3 is 62.5 Å². The zero-order valence-corrected chi connectivity index (χ0v) is 50.0. The first-order valence-corrected chi connectivity index (χ1v) is 28.8. The largest absolute Gasteiger partial charge is 0.509 e. The van der Waals surface area contributed by atoms with E-state index in [9.17, 15) is 33.9 Å². The third kappa shape index (κ3) is 13.4. The van der Waals surface area contributed by atoms with Gasteiger partial charge in [-0.2, -0.15) is 0 Å². The number of carbonyl (C=O) groups excluding carboxylic acids is 8. The van der Waals surface area contributed by atoms with Crippen LogP contribution >= 0.6 is 0 Å². The molecule has 0 spiro atoms. The third-order valence-corrected chi connectivity index (χ3v) is 16.8. The Labute approximate surface area is 508 Å². The Hall–Kier alpha value is -9.08. The van der Waals surface area contributed by atoms with Gasteiger partial charge in [0.2, 0.25) is 6.10 Å². The summed E-state index contributed by atoms with van der Waals surface area (Å²) < 4.78 is 66.4. The number of aliphatic hydroxyl groups is 1. The van der Waals surface area contributed by atoms with Crippen LogP contribution in [0.25, 0.3) is 0 Å². The minimum Gasteiger partial charge on any atom is -0.455 e. The van der Waals surface area contributed by atoms with Crippen molar-refractivity contribution >= 4 is 48.3 Å². The van der Waals surface area contributed by atoms with Crippen LogP contribution in [0.3, 0.4) is 0 Å². The number of hydrogen-bond donors (Lipinski definition) is 2. The summed E-state index contributed by atoms with van der Waals surface area (Å²) in [5.74, 6) is -6.09. The maximum absolute atomic E-state index is 16.8. The van der Waals surface area contributed by atoms with Gasteiger partial charge in [-0.05, 0) is 80.2 Å². The van der Waals surface area contributed by atoms with Crippen molar-refractivity contribution in [2.75, 3.05) is 6.61 Å². The molecule has 464 valence electrons. The topological polar surface area (TPSA) is 270 Å². The molecule has 5 aromatic carbocycles. The highest BCUT2D eigenvalue weighted by Gasteiger charge is 2.79. The van der Waals surface area contributed by atoms with E-state index >= 15 is 9.59 Å². The van der Waals surface area contributed by atoms with Crippen LogP contribution in [0.15, 0.2) is 163 Å². The Balaban J connectivity index is 1.22. The number of rotatable bonds is 17. The second-order valence-electron chi connectivity index (χ2n) is 23.9. The Bertz CT molecular complexity index is 3390. The summed E-state index contributed by atoms with van der Waals surface area (Å²) in [6.45, 7) is 10.4. The van der Waals surface area contributed by atoms with Crippen LogP contribution in [-0.2, 0) is 86.3 Å². The molecule has 0 unspecified atom stereocenters. The second-order valence-corrected chi connectivity index (χ2v) is 23.9. The van der Waals surface area contributed by atoms with Crippen LogP contribution in [0.1, 0.15) is 107 Å². The molecule has 1 amide bonds. The first-order valence-electron chi connectivity index (χ1n) is 28.8. The molecular weight excluding hydrogens is 1140 g/mol. The number of esters is 3. The fourth-order valence-corrected chi connectivity index (χ4v) is 12.4. The van der Waals surface area contributed by atoms with Crippen molar-refractivity contribution in [2.24, 2.45) is 16.7 Å². The molecule has 2 saturated carbocycles. The number of ether oxygens (including phenoxy) is 11. The van der Waals surface area contributed by atoms with Gasteiger partial charge in [-0.3, -0.25) is 9.59 Å². The number of fused-ring (bicyclic) bond motifs is 5. The van der Waals surface area contributed by atoms with E-state index in [1.807, 2.05) is 0 Å². The van der Waals surface area contributed by atoms with E-state index in [1.54, 1.807) is 160 Å². The second kappa shape index (κ2) is 26.1. The zero-order valence-electron chi connectivity index (χ0n) is 50.0. The molecule has 11 atom stereocenters. The van der Waals surface area contributed by atoms with Gasteiger partial charge in [0.25, 0.3) is 0 Å². The van der Waals surface area contributed by atoms with Crippen molar-refractivity contribution in [3.63, 3.8) is 0 Å². The molecule has 1 heterocycles. The van der Waals surface area contributed by atoms with Crippen LogP contribution < -0.4 is 5.32 Å². The van der Waals surface area contributed by atoms with Gasteiger partial charge in [0, 0.05) is 25.2 Å². The summed E-state index contributed by atoms with van der Waals surface area (Å²) in [4.78, 5) is 117. The first kappa shape index (κ1) is 63.4. The highest BCUT2D eigenvalue weighted by Crippen LogP contribution is 2.65. The smallest absolute Gasteiger partial charge is 0.455 e. The lowest BCUT2D eigenvalue weighted by Crippen LogP contribution is -2.82. The van der Waals surface area contributed by atoms with Gasteiger partial charge in [-0.25, -0.2) is 28.8 Å². The molecule has 3 fully saturated rings. The van der Waals surface area contributed by atoms with E-state index in [-0.39, 0.29) is 48.5 Å². The molecule has 4 aliphatic rings. The van der Waals surface area contributed by atoms with Crippen LogP contribution in [0.5, 0.6) is 0 Å². The van der Waals surface area contributed by atoms with E-state index in [1.165, 1.54) is 39.8 Å². The Kier molecular flexibility index (Phi) is 18.8.